The first kappa shape index (κ1) is 28.2. The van der Waals surface area contributed by atoms with Gasteiger partial charge in [0.05, 0.1) is 30.7 Å². The number of amides is 1. The van der Waals surface area contributed by atoms with Gasteiger partial charge in [0.1, 0.15) is 16.9 Å². The molecule has 2 rings (SSSR count). The zero-order valence-corrected chi connectivity index (χ0v) is 22.4. The van der Waals surface area contributed by atoms with E-state index in [-0.39, 0.29) is 29.5 Å². The molecule has 1 heterocycles. The summed E-state index contributed by atoms with van der Waals surface area (Å²) in [6, 6.07) is 6.36. The number of Topliss-reactive ketones (excluding diaryl/α,β-unsaturated/α-hetero) is 1. The van der Waals surface area contributed by atoms with Gasteiger partial charge >= 0.3 is 5.97 Å². The number of rotatable bonds is 10. The summed E-state index contributed by atoms with van der Waals surface area (Å²) >= 11 is 19.5. The number of alkyl halides is 3. The summed E-state index contributed by atoms with van der Waals surface area (Å²) < 4.78 is 8.27. The highest BCUT2D eigenvalue weighted by Crippen LogP contribution is 2.38. The average molecular weight is 551 g/mol. The van der Waals surface area contributed by atoms with Gasteiger partial charge in [-0.15, -0.1) is 11.3 Å². The summed E-state index contributed by atoms with van der Waals surface area (Å²) in [6.07, 6.45) is -1.24. The van der Waals surface area contributed by atoms with Gasteiger partial charge in [0.25, 0.3) is 5.91 Å². The molecule has 34 heavy (non-hydrogen) atoms. The highest BCUT2D eigenvalue weighted by molar-refractivity contribution is 7.18. The van der Waals surface area contributed by atoms with Gasteiger partial charge in [-0.1, -0.05) is 34.8 Å². The van der Waals surface area contributed by atoms with Crippen molar-refractivity contribution in [3.63, 3.8) is 0 Å². The molecule has 0 radical (unpaired) electrons. The van der Waals surface area contributed by atoms with Crippen LogP contribution in [0.4, 0.5) is 5.00 Å². The lowest BCUT2D eigenvalue weighted by molar-refractivity contribution is 0.0527. The van der Waals surface area contributed by atoms with Crippen LogP contribution in [-0.4, -0.2) is 66.9 Å². The van der Waals surface area contributed by atoms with Crippen LogP contribution in [0.15, 0.2) is 24.3 Å². The van der Waals surface area contributed by atoms with Crippen molar-refractivity contribution in [2.75, 3.05) is 39.7 Å². The maximum Gasteiger partial charge on any atom is 0.341 e. The number of esters is 1. The summed E-state index contributed by atoms with van der Waals surface area (Å²) in [5.41, 5.74) is 0.894. The highest BCUT2D eigenvalue weighted by atomic mass is 35.6. The van der Waals surface area contributed by atoms with Gasteiger partial charge in [0.15, 0.2) is 5.78 Å². The Hall–Kier alpha value is -2.04. The number of methoxy groups -OCH3 is 1. The number of nitrogens with one attached hydrogen (secondary N) is 2. The fraction of sp³-hybridized carbons (Fsp3) is 0.409. The van der Waals surface area contributed by atoms with Crippen molar-refractivity contribution in [2.24, 2.45) is 0 Å². The molecule has 0 fully saturated rings. The van der Waals surface area contributed by atoms with Crippen molar-refractivity contribution in [1.29, 1.82) is 0 Å². The zero-order valence-electron chi connectivity index (χ0n) is 19.3. The molecule has 1 unspecified atom stereocenters. The number of carbonyl (C=O) groups excluding carboxylic acids is 3. The Morgan fingerprint density at radius 2 is 1.76 bits per heavy atom. The lowest BCUT2D eigenvalue weighted by atomic mass is 10.1. The molecule has 12 heteroatoms. The molecule has 8 nitrogen and oxygen atoms in total. The summed E-state index contributed by atoms with van der Waals surface area (Å²) in [5, 5.41) is 5.78. The van der Waals surface area contributed by atoms with Crippen molar-refractivity contribution in [2.45, 2.75) is 23.8 Å². The number of hydrogen-bond acceptors (Lipinski definition) is 8. The summed E-state index contributed by atoms with van der Waals surface area (Å²) in [7, 11) is 5.04. The van der Waals surface area contributed by atoms with Crippen LogP contribution in [0.3, 0.4) is 0 Å². The smallest absolute Gasteiger partial charge is 0.341 e. The molecule has 0 aliphatic heterocycles. The SMILES string of the molecule is CCOC(=O)c1c(NC(NC(=O)c2ccc(OC)cc2)C(Cl)(Cl)Cl)sc(C(=O)CN(C)C)c1C. The van der Waals surface area contributed by atoms with E-state index in [1.165, 1.54) is 7.11 Å². The maximum atomic E-state index is 12.8. The van der Waals surface area contributed by atoms with Crippen LogP contribution < -0.4 is 15.4 Å². The highest BCUT2D eigenvalue weighted by Gasteiger charge is 2.37. The molecule has 1 amide bonds. The van der Waals surface area contributed by atoms with Crippen molar-refractivity contribution in [1.82, 2.24) is 10.2 Å². The first-order valence-corrected chi connectivity index (χ1v) is 12.1. The van der Waals surface area contributed by atoms with Crippen LogP contribution in [0, 0.1) is 6.92 Å². The van der Waals surface area contributed by atoms with E-state index in [4.69, 9.17) is 44.3 Å². The third kappa shape index (κ3) is 7.23. The molecular weight excluding hydrogens is 525 g/mol. The minimum atomic E-state index is -2.00. The van der Waals surface area contributed by atoms with Crippen LogP contribution in [0.1, 0.15) is 42.9 Å². The maximum absolute atomic E-state index is 12.8. The molecule has 2 aromatic rings. The van der Waals surface area contributed by atoms with Crippen LogP contribution in [-0.2, 0) is 4.74 Å². The average Bonchev–Trinajstić information content (AvgIpc) is 3.08. The number of thiophene rings is 1. The number of ether oxygens (including phenoxy) is 2. The second kappa shape index (κ2) is 12.1. The van der Waals surface area contributed by atoms with E-state index in [0.29, 0.717) is 21.8 Å². The second-order valence-corrected chi connectivity index (χ2v) is 10.9. The Balaban J connectivity index is 2.42. The topological polar surface area (TPSA) is 97.0 Å². The van der Waals surface area contributed by atoms with E-state index >= 15 is 0 Å². The van der Waals surface area contributed by atoms with Crippen molar-refractivity contribution >= 4 is 68.8 Å². The van der Waals surface area contributed by atoms with E-state index in [9.17, 15) is 14.4 Å². The van der Waals surface area contributed by atoms with E-state index < -0.39 is 21.8 Å². The van der Waals surface area contributed by atoms with Gasteiger partial charge < -0.3 is 25.0 Å². The van der Waals surface area contributed by atoms with Gasteiger partial charge in [-0.05, 0) is 57.8 Å². The standard InChI is InChI=1S/C22H26Cl3N3O5S/c1-6-33-20(31)16-12(2)17(15(29)11-28(3)4)34-19(16)27-21(22(23,24)25)26-18(30)13-7-9-14(32-5)10-8-13/h7-10,21,27H,6,11H2,1-5H3,(H,26,30). The van der Waals surface area contributed by atoms with Gasteiger partial charge in [-0.2, -0.15) is 0 Å². The number of anilines is 1. The Kier molecular flexibility index (Phi) is 10.0. The Labute approximate surface area is 217 Å². The van der Waals surface area contributed by atoms with Gasteiger partial charge in [-0.25, -0.2) is 4.79 Å². The normalized spacial score (nSPS) is 12.3. The Bertz CT molecular complexity index is 1040. The predicted octanol–water partition coefficient (Wildman–Crippen LogP) is 4.52. The van der Waals surface area contributed by atoms with E-state index in [2.05, 4.69) is 10.6 Å². The second-order valence-electron chi connectivity index (χ2n) is 7.46. The molecular formula is C22H26Cl3N3O5S. The largest absolute Gasteiger partial charge is 0.497 e. The number of benzene rings is 1. The molecule has 1 aromatic carbocycles. The van der Waals surface area contributed by atoms with Crippen LogP contribution in [0.25, 0.3) is 0 Å². The molecule has 0 bridgehead atoms. The fourth-order valence-electron chi connectivity index (χ4n) is 2.98. The first-order valence-electron chi connectivity index (χ1n) is 10.2. The third-order valence-electron chi connectivity index (χ3n) is 4.57. The minimum Gasteiger partial charge on any atom is -0.497 e. The Morgan fingerprint density at radius 3 is 2.26 bits per heavy atom. The fourth-order valence-corrected chi connectivity index (χ4v) is 4.46. The number of halogens is 3. The third-order valence-corrected chi connectivity index (χ3v) is 6.49. The number of nitrogens with zero attached hydrogens (tertiary/aromatic N) is 1. The summed E-state index contributed by atoms with van der Waals surface area (Å²) in [4.78, 5) is 40.3. The van der Waals surface area contributed by atoms with Gasteiger partial charge in [0, 0.05) is 5.56 Å². The van der Waals surface area contributed by atoms with Crippen molar-refractivity contribution in [3.8, 4) is 5.75 Å². The number of likely N-dealkylation sites (N-methyl/N-ethyl adjacent to an activating group) is 1. The number of ketones is 1. The summed E-state index contributed by atoms with van der Waals surface area (Å²) in [5.74, 6) is -0.761. The molecule has 0 aliphatic rings. The van der Waals surface area contributed by atoms with Crippen molar-refractivity contribution < 1.29 is 23.9 Å². The molecule has 0 aliphatic carbocycles. The summed E-state index contributed by atoms with van der Waals surface area (Å²) in [6.45, 7) is 3.60. The van der Waals surface area contributed by atoms with E-state index in [1.807, 2.05) is 0 Å². The predicted molar refractivity (Wildman–Crippen MR) is 136 cm³/mol. The minimum absolute atomic E-state index is 0.136. The Morgan fingerprint density at radius 1 is 1.15 bits per heavy atom. The molecule has 2 N–H and O–H groups in total. The van der Waals surface area contributed by atoms with Crippen LogP contribution >= 0.6 is 46.1 Å². The monoisotopic (exact) mass is 549 g/mol. The van der Waals surface area contributed by atoms with Gasteiger partial charge in [-0.3, -0.25) is 9.59 Å². The number of hydrogen-bond donors (Lipinski definition) is 2. The molecule has 0 saturated heterocycles. The molecule has 1 atom stereocenters. The molecule has 0 saturated carbocycles. The lowest BCUT2D eigenvalue weighted by Gasteiger charge is -2.27. The first-order chi connectivity index (χ1) is 15.9. The quantitative estimate of drug-likeness (QED) is 0.194. The molecule has 0 spiro atoms. The van der Waals surface area contributed by atoms with E-state index in [1.54, 1.807) is 57.1 Å². The zero-order chi connectivity index (χ0) is 25.6. The van der Waals surface area contributed by atoms with Crippen LogP contribution in [0.2, 0.25) is 0 Å². The van der Waals surface area contributed by atoms with Crippen LogP contribution in [0.5, 0.6) is 5.75 Å². The van der Waals surface area contributed by atoms with E-state index in [0.717, 1.165) is 11.3 Å². The molecule has 186 valence electrons. The lowest BCUT2D eigenvalue weighted by Crippen LogP contribution is -2.49. The number of carbonyl (C=O) groups is 3. The van der Waals surface area contributed by atoms with Crippen molar-refractivity contribution in [3.05, 3.63) is 45.8 Å². The van der Waals surface area contributed by atoms with Gasteiger partial charge in [0.2, 0.25) is 3.79 Å². The molecule has 1 aromatic heterocycles.